The zero-order valence-corrected chi connectivity index (χ0v) is 14.1. The molecule has 2 aromatic rings. The second kappa shape index (κ2) is 6.58. The van der Waals surface area contributed by atoms with Gasteiger partial charge in [-0.3, -0.25) is 0 Å². The van der Waals surface area contributed by atoms with Crippen LogP contribution in [-0.4, -0.2) is 12.1 Å². The van der Waals surface area contributed by atoms with Crippen molar-refractivity contribution >= 4 is 11.3 Å². The lowest BCUT2D eigenvalue weighted by molar-refractivity contribution is 0.414. The molecule has 21 heavy (non-hydrogen) atoms. The van der Waals surface area contributed by atoms with Gasteiger partial charge in [0, 0.05) is 4.88 Å². The second-order valence-electron chi connectivity index (χ2n) is 5.64. The summed E-state index contributed by atoms with van der Waals surface area (Å²) >= 11 is 1.73. The van der Waals surface area contributed by atoms with E-state index in [-0.39, 0.29) is 5.54 Å². The van der Waals surface area contributed by atoms with E-state index in [4.69, 9.17) is 15.5 Å². The number of methoxy groups -OCH3 is 1. The molecule has 1 heterocycles. The predicted molar refractivity (Wildman–Crippen MR) is 89.1 cm³/mol. The second-order valence-corrected chi connectivity index (χ2v) is 6.84. The average Bonchev–Trinajstić information content (AvgIpc) is 2.88. The van der Waals surface area contributed by atoms with Crippen molar-refractivity contribution < 1.29 is 4.74 Å². The maximum absolute atomic E-state index is 6.50. The van der Waals surface area contributed by atoms with Crippen molar-refractivity contribution in [3.05, 3.63) is 45.4 Å². The fourth-order valence-electron chi connectivity index (χ4n) is 2.30. The smallest absolute Gasteiger partial charge is 0.118 e. The number of hydrogen-bond donors (Lipinski definition) is 1. The standard InChI is InChI=1S/C17H24N2OS/c1-5-15-12(2)21-16(19-15)17(3,18)11-10-13-6-8-14(20-4)9-7-13/h6-9H,5,10-11,18H2,1-4H3. The zero-order valence-electron chi connectivity index (χ0n) is 13.3. The minimum Gasteiger partial charge on any atom is -0.497 e. The summed E-state index contributed by atoms with van der Waals surface area (Å²) in [5, 5.41) is 1.05. The molecule has 114 valence electrons. The molecule has 2 N–H and O–H groups in total. The number of nitrogens with zero attached hydrogens (tertiary/aromatic N) is 1. The monoisotopic (exact) mass is 304 g/mol. The van der Waals surface area contributed by atoms with Crippen LogP contribution < -0.4 is 10.5 Å². The van der Waals surface area contributed by atoms with Crippen molar-refractivity contribution in [3.63, 3.8) is 0 Å². The highest BCUT2D eigenvalue weighted by atomic mass is 32.1. The van der Waals surface area contributed by atoms with Crippen molar-refractivity contribution in [2.75, 3.05) is 7.11 Å². The molecular weight excluding hydrogens is 280 g/mol. The fraction of sp³-hybridized carbons (Fsp3) is 0.471. The minimum absolute atomic E-state index is 0.372. The van der Waals surface area contributed by atoms with Gasteiger partial charge in [0.1, 0.15) is 10.8 Å². The molecule has 3 nitrogen and oxygen atoms in total. The molecule has 1 atom stereocenters. The Morgan fingerprint density at radius 1 is 1.29 bits per heavy atom. The number of nitrogens with two attached hydrogens (primary N) is 1. The number of aryl methyl sites for hydroxylation is 3. The molecule has 2 rings (SSSR count). The first-order valence-electron chi connectivity index (χ1n) is 7.35. The average molecular weight is 304 g/mol. The number of thiazole rings is 1. The van der Waals surface area contributed by atoms with Crippen molar-refractivity contribution in [2.45, 2.75) is 45.6 Å². The Balaban J connectivity index is 2.05. The lowest BCUT2D eigenvalue weighted by atomic mass is 9.95. The Labute approximate surface area is 131 Å². The van der Waals surface area contributed by atoms with Gasteiger partial charge in [0.05, 0.1) is 18.3 Å². The van der Waals surface area contributed by atoms with E-state index in [2.05, 4.69) is 32.9 Å². The highest BCUT2D eigenvalue weighted by Crippen LogP contribution is 2.30. The predicted octanol–water partition coefficient (Wildman–Crippen LogP) is 3.83. The maximum Gasteiger partial charge on any atom is 0.118 e. The molecule has 0 saturated heterocycles. The molecule has 0 saturated carbocycles. The van der Waals surface area contributed by atoms with Gasteiger partial charge in [-0.15, -0.1) is 11.3 Å². The Hall–Kier alpha value is -1.39. The first kappa shape index (κ1) is 16.0. The van der Waals surface area contributed by atoms with E-state index in [0.29, 0.717) is 0 Å². The van der Waals surface area contributed by atoms with Crippen LogP contribution in [0.1, 0.15) is 41.4 Å². The lowest BCUT2D eigenvalue weighted by Gasteiger charge is -2.22. The number of benzene rings is 1. The minimum atomic E-state index is -0.372. The van der Waals surface area contributed by atoms with Gasteiger partial charge in [-0.1, -0.05) is 19.1 Å². The van der Waals surface area contributed by atoms with Gasteiger partial charge in [0.15, 0.2) is 0 Å². The van der Waals surface area contributed by atoms with Crippen LogP contribution in [-0.2, 0) is 18.4 Å². The molecule has 4 heteroatoms. The van der Waals surface area contributed by atoms with Crippen LogP contribution in [0, 0.1) is 6.92 Å². The van der Waals surface area contributed by atoms with E-state index in [1.165, 1.54) is 16.1 Å². The Morgan fingerprint density at radius 2 is 1.95 bits per heavy atom. The quantitative estimate of drug-likeness (QED) is 0.882. The summed E-state index contributed by atoms with van der Waals surface area (Å²) in [5.41, 5.74) is 8.58. The van der Waals surface area contributed by atoms with Gasteiger partial charge >= 0.3 is 0 Å². The van der Waals surface area contributed by atoms with Crippen molar-refractivity contribution in [1.82, 2.24) is 4.98 Å². The van der Waals surface area contributed by atoms with Crippen molar-refractivity contribution in [1.29, 1.82) is 0 Å². The van der Waals surface area contributed by atoms with Crippen molar-refractivity contribution in [3.8, 4) is 5.75 Å². The molecule has 0 spiro atoms. The van der Waals surface area contributed by atoms with Crippen LogP contribution in [0.3, 0.4) is 0 Å². The van der Waals surface area contributed by atoms with Gasteiger partial charge < -0.3 is 10.5 Å². The van der Waals surface area contributed by atoms with Gasteiger partial charge in [0.2, 0.25) is 0 Å². The van der Waals surface area contributed by atoms with Gasteiger partial charge in [0.25, 0.3) is 0 Å². The third-order valence-corrected chi connectivity index (χ3v) is 5.10. The maximum atomic E-state index is 6.50. The molecule has 0 amide bonds. The van der Waals surface area contributed by atoms with E-state index in [1.54, 1.807) is 18.4 Å². The molecule has 1 unspecified atom stereocenters. The third kappa shape index (κ3) is 3.83. The molecule has 0 fully saturated rings. The number of aromatic nitrogens is 1. The van der Waals surface area contributed by atoms with E-state index in [0.717, 1.165) is 30.0 Å². The number of hydrogen-bond acceptors (Lipinski definition) is 4. The van der Waals surface area contributed by atoms with Crippen LogP contribution in [0.5, 0.6) is 5.75 Å². The first-order valence-corrected chi connectivity index (χ1v) is 8.16. The molecule has 0 bridgehead atoms. The highest BCUT2D eigenvalue weighted by Gasteiger charge is 2.25. The van der Waals surface area contributed by atoms with Crippen LogP contribution >= 0.6 is 11.3 Å². The summed E-state index contributed by atoms with van der Waals surface area (Å²) < 4.78 is 5.18. The lowest BCUT2D eigenvalue weighted by Crippen LogP contribution is -2.33. The number of ether oxygens (including phenoxy) is 1. The van der Waals surface area contributed by atoms with Crippen LogP contribution in [0.15, 0.2) is 24.3 Å². The summed E-state index contributed by atoms with van der Waals surface area (Å²) in [5.74, 6) is 0.886. The van der Waals surface area contributed by atoms with E-state index < -0.39 is 0 Å². The van der Waals surface area contributed by atoms with Crippen LogP contribution in [0.25, 0.3) is 0 Å². The fourth-order valence-corrected chi connectivity index (χ4v) is 3.39. The van der Waals surface area contributed by atoms with Gasteiger partial charge in [-0.2, -0.15) is 0 Å². The van der Waals surface area contributed by atoms with E-state index in [9.17, 15) is 0 Å². The Morgan fingerprint density at radius 3 is 2.48 bits per heavy atom. The molecular formula is C17H24N2OS. The summed E-state index contributed by atoms with van der Waals surface area (Å²) in [4.78, 5) is 6.00. The molecule has 0 radical (unpaired) electrons. The van der Waals surface area contributed by atoms with E-state index in [1.807, 2.05) is 12.1 Å². The topological polar surface area (TPSA) is 48.1 Å². The highest BCUT2D eigenvalue weighted by molar-refractivity contribution is 7.11. The Kier molecular flexibility index (Phi) is 5.01. The molecule has 0 aliphatic carbocycles. The third-order valence-electron chi connectivity index (χ3n) is 3.81. The first-order chi connectivity index (χ1) is 9.96. The summed E-state index contributed by atoms with van der Waals surface area (Å²) in [6, 6.07) is 8.18. The summed E-state index contributed by atoms with van der Waals surface area (Å²) in [7, 11) is 1.68. The van der Waals surface area contributed by atoms with Gasteiger partial charge in [-0.25, -0.2) is 4.98 Å². The Bertz CT molecular complexity index is 587. The van der Waals surface area contributed by atoms with E-state index >= 15 is 0 Å². The molecule has 1 aromatic carbocycles. The molecule has 0 aliphatic rings. The van der Waals surface area contributed by atoms with Gasteiger partial charge in [-0.05, 0) is 50.8 Å². The molecule has 1 aromatic heterocycles. The summed E-state index contributed by atoms with van der Waals surface area (Å²) in [6.07, 6.45) is 2.80. The molecule has 0 aliphatic heterocycles. The van der Waals surface area contributed by atoms with Crippen LogP contribution in [0.4, 0.5) is 0 Å². The summed E-state index contributed by atoms with van der Waals surface area (Å²) in [6.45, 7) is 6.34. The largest absolute Gasteiger partial charge is 0.497 e. The normalized spacial score (nSPS) is 14.0. The SMILES string of the molecule is CCc1nc(C(C)(N)CCc2ccc(OC)cc2)sc1C. The number of rotatable bonds is 6. The zero-order chi connectivity index (χ0) is 15.5. The van der Waals surface area contributed by atoms with Crippen molar-refractivity contribution in [2.24, 2.45) is 5.73 Å². The van der Waals surface area contributed by atoms with Crippen LogP contribution in [0.2, 0.25) is 0 Å².